The van der Waals surface area contributed by atoms with Gasteiger partial charge in [0.15, 0.2) is 0 Å². The topological polar surface area (TPSA) is 236 Å². The highest BCUT2D eigenvalue weighted by Gasteiger charge is 2.31. The summed E-state index contributed by atoms with van der Waals surface area (Å²) < 4.78 is 0. The molecular weight excluding hydrogens is 1110 g/mol. The molecule has 14 nitrogen and oxygen atoms in total. The smallest absolute Gasteiger partial charge is 0.134 e. The highest BCUT2D eigenvalue weighted by molar-refractivity contribution is 6.30. The molecule has 0 aliphatic rings. The predicted molar refractivity (Wildman–Crippen MR) is 352 cm³/mol. The molecule has 0 spiro atoms. The first kappa shape index (κ1) is 70.8. The van der Waals surface area contributed by atoms with Crippen molar-refractivity contribution in [1.29, 1.82) is 0 Å². The van der Waals surface area contributed by atoms with Gasteiger partial charge < -0.3 is 40.9 Å². The van der Waals surface area contributed by atoms with E-state index in [2.05, 4.69) is 70.3 Å². The molecule has 0 fully saturated rings. The Morgan fingerprint density at radius 1 is 0.424 bits per heavy atom. The normalized spacial score (nSPS) is 12.2. The van der Waals surface area contributed by atoms with Gasteiger partial charge in [0, 0.05) is 22.5 Å². The second-order valence-corrected chi connectivity index (χ2v) is 20.0. The third-order valence-electron chi connectivity index (χ3n) is 12.9. The molecule has 85 heavy (non-hydrogen) atoms. The quantitative estimate of drug-likeness (QED) is 0.0303. The first-order valence-corrected chi connectivity index (χ1v) is 27.7. The maximum Gasteiger partial charge on any atom is 0.134 e. The zero-order valence-electron chi connectivity index (χ0n) is 47.9. The number of phenols is 3. The lowest BCUT2D eigenvalue weighted by Crippen LogP contribution is -2.30. The van der Waals surface area contributed by atoms with E-state index < -0.39 is 17.8 Å². The van der Waals surface area contributed by atoms with Gasteiger partial charge in [-0.1, -0.05) is 175 Å². The van der Waals surface area contributed by atoms with E-state index in [0.717, 1.165) is 34.2 Å². The van der Waals surface area contributed by atoms with Gasteiger partial charge >= 0.3 is 0 Å². The number of phenolic OH excluding ortho intramolecular Hbond substituents is 3. The lowest BCUT2D eigenvalue weighted by atomic mass is 9.86. The SMILES string of the molecule is C=NC(C)C(O)c1ccccc1.C=NC(CO)Cc1ccc(O)cc1.C=NC(CO)Cc1ccccc1.C=NCC(O)(c1ccc(Cl)cc1)c1ccc(Cl)cc1.C=NCC(O)c1ccccc1.C=NCC(c1ccc(O)cc1)c1ccc(O)cc1. The van der Waals surface area contributed by atoms with Crippen LogP contribution < -0.4 is 0 Å². The zero-order chi connectivity index (χ0) is 62.4. The van der Waals surface area contributed by atoms with Crippen molar-refractivity contribution in [1.82, 2.24) is 0 Å². The molecule has 5 atom stereocenters. The highest BCUT2D eigenvalue weighted by Crippen LogP contribution is 2.32. The number of nitrogens with zero attached hydrogens (tertiary/aromatic N) is 6. The van der Waals surface area contributed by atoms with E-state index in [0.29, 0.717) is 40.7 Å². The van der Waals surface area contributed by atoms with Crippen molar-refractivity contribution in [3.05, 3.63) is 267 Å². The van der Waals surface area contributed by atoms with Gasteiger partial charge in [0.25, 0.3) is 0 Å². The van der Waals surface area contributed by atoms with Gasteiger partial charge in [-0.25, -0.2) is 0 Å². The Balaban J connectivity index is 0.000000271. The lowest BCUT2D eigenvalue weighted by Gasteiger charge is -2.27. The molecule has 446 valence electrons. The van der Waals surface area contributed by atoms with Crippen LogP contribution in [0.5, 0.6) is 17.2 Å². The van der Waals surface area contributed by atoms with E-state index in [-0.39, 0.29) is 61.1 Å². The van der Waals surface area contributed by atoms with Crippen molar-refractivity contribution in [3.8, 4) is 17.2 Å². The number of aliphatic hydroxyl groups is 5. The molecule has 8 aromatic rings. The highest BCUT2D eigenvalue weighted by atomic mass is 35.5. The molecule has 5 unspecified atom stereocenters. The summed E-state index contributed by atoms with van der Waals surface area (Å²) in [5.74, 6) is 0.823. The second-order valence-electron chi connectivity index (χ2n) is 19.1. The van der Waals surface area contributed by atoms with Crippen LogP contribution in [0.1, 0.15) is 69.6 Å². The Bertz CT molecular complexity index is 3030. The standard InChI is InChI=1S/C15H13Cl2NO.C15H15NO2.C10H13NO2.2C10H13NO.C9H11NO/c1-18-10-15(19,11-2-6-13(16)7-3-11)12-4-8-14(17)9-5-12;1-16-10-15(11-2-6-13(17)7-3-11)12-4-8-14(18)9-5-12;1-11-9(7-12)6-8-2-4-10(13)5-3-8;1-8(11-2)10(12)9-6-4-3-5-7-9;1-11-10(8-12)7-9-5-3-2-4-6-9;1-10-7-9(11)8-5-3-2-4-6-8/h2-9,19H,1,10H2;2-9,15,17-18H,1,10H2;2-5,9,12-13H,1,6-7H2;3-8,10,12H,2H2,1H3;2-6,10,12H,1,7-8H2;2-6,9,11H,1,7H2. The van der Waals surface area contributed by atoms with Gasteiger partial charge in [-0.2, -0.15) is 0 Å². The summed E-state index contributed by atoms with van der Waals surface area (Å²) in [7, 11) is 0. The van der Waals surface area contributed by atoms with Crippen molar-refractivity contribution in [2.45, 2.75) is 61.6 Å². The minimum absolute atomic E-state index is 0.00434. The van der Waals surface area contributed by atoms with Crippen LogP contribution in [0.25, 0.3) is 0 Å². The Morgan fingerprint density at radius 3 is 1.14 bits per heavy atom. The van der Waals surface area contributed by atoms with E-state index >= 15 is 0 Å². The Morgan fingerprint density at radius 2 is 0.788 bits per heavy atom. The van der Waals surface area contributed by atoms with Gasteiger partial charge in [-0.3, -0.25) is 30.0 Å². The average molecular weight is 1190 g/mol. The molecule has 0 saturated heterocycles. The summed E-state index contributed by atoms with van der Waals surface area (Å²) in [6.07, 6.45) is 0.374. The molecule has 8 N–H and O–H groups in total. The van der Waals surface area contributed by atoms with Crippen LogP contribution in [0.15, 0.2) is 242 Å². The monoisotopic (exact) mass is 1190 g/mol. The minimum Gasteiger partial charge on any atom is -0.508 e. The van der Waals surface area contributed by atoms with E-state index in [9.17, 15) is 25.5 Å². The molecule has 8 rings (SSSR count). The molecular formula is C69H78Cl2N6O8. The summed E-state index contributed by atoms with van der Waals surface area (Å²) in [5.41, 5.74) is 6.32. The maximum atomic E-state index is 10.9. The molecule has 16 heteroatoms. The number of halogens is 2. The minimum atomic E-state index is -1.23. The second kappa shape index (κ2) is 39.9. The van der Waals surface area contributed by atoms with Crippen LogP contribution >= 0.6 is 23.2 Å². The van der Waals surface area contributed by atoms with Gasteiger partial charge in [0.05, 0.1) is 50.5 Å². The van der Waals surface area contributed by atoms with E-state index in [1.165, 1.54) is 5.56 Å². The van der Waals surface area contributed by atoms with Gasteiger partial charge in [-0.05, 0) is 165 Å². The number of aromatic hydroxyl groups is 3. The van der Waals surface area contributed by atoms with Crippen LogP contribution in [0.4, 0.5) is 0 Å². The van der Waals surface area contributed by atoms with Crippen LogP contribution in [0, 0.1) is 0 Å². The third-order valence-corrected chi connectivity index (χ3v) is 13.4. The molecule has 0 saturated carbocycles. The first-order valence-electron chi connectivity index (χ1n) is 27.0. The van der Waals surface area contributed by atoms with Crippen molar-refractivity contribution in [3.63, 3.8) is 0 Å². The molecule has 0 heterocycles. The van der Waals surface area contributed by atoms with E-state index in [1.54, 1.807) is 84.9 Å². The Kier molecular flexibility index (Phi) is 33.3. The number of benzene rings is 8. The van der Waals surface area contributed by atoms with Crippen molar-refractivity contribution in [2.24, 2.45) is 30.0 Å². The predicted octanol–water partition coefficient (Wildman–Crippen LogP) is 12.4. The Labute approximate surface area is 510 Å². The molecule has 0 radical (unpaired) electrons. The van der Waals surface area contributed by atoms with Crippen LogP contribution in [0.3, 0.4) is 0 Å². The van der Waals surface area contributed by atoms with Crippen molar-refractivity contribution < 1.29 is 40.9 Å². The lowest BCUT2D eigenvalue weighted by molar-refractivity contribution is 0.0911. The fraction of sp³-hybridized carbons (Fsp3) is 0.217. The largest absolute Gasteiger partial charge is 0.508 e. The van der Waals surface area contributed by atoms with Crippen molar-refractivity contribution in [2.75, 3.05) is 32.8 Å². The molecule has 0 aliphatic carbocycles. The number of aliphatic imine (C=N–C) groups is 6. The van der Waals surface area contributed by atoms with E-state index in [4.69, 9.17) is 38.5 Å². The van der Waals surface area contributed by atoms with Gasteiger partial charge in [-0.15, -0.1) is 0 Å². The summed E-state index contributed by atoms with van der Waals surface area (Å²) in [6, 6.07) is 63.6. The molecule has 0 amide bonds. The third kappa shape index (κ3) is 25.9. The number of hydrogen-bond donors (Lipinski definition) is 8. The van der Waals surface area contributed by atoms with Gasteiger partial charge in [0.1, 0.15) is 29.0 Å². The number of rotatable bonds is 22. The fourth-order valence-electron chi connectivity index (χ4n) is 8.00. The maximum absolute atomic E-state index is 10.9. The fourth-order valence-corrected chi connectivity index (χ4v) is 8.26. The van der Waals surface area contributed by atoms with Gasteiger partial charge in [0.2, 0.25) is 0 Å². The Hall–Kier alpha value is -8.44. The number of hydrogen-bond acceptors (Lipinski definition) is 14. The molecule has 8 aromatic carbocycles. The van der Waals surface area contributed by atoms with Crippen LogP contribution in [-0.4, -0.2) is 132 Å². The average Bonchev–Trinajstić information content (AvgIpc) is 3.29. The van der Waals surface area contributed by atoms with Crippen molar-refractivity contribution >= 4 is 63.5 Å². The molecule has 0 aromatic heterocycles. The zero-order valence-corrected chi connectivity index (χ0v) is 49.4. The van der Waals surface area contributed by atoms with Crippen LogP contribution in [0.2, 0.25) is 10.0 Å². The summed E-state index contributed by atoms with van der Waals surface area (Å²) in [5, 5.41) is 76.5. The summed E-state index contributed by atoms with van der Waals surface area (Å²) in [6.45, 7) is 23.5. The summed E-state index contributed by atoms with van der Waals surface area (Å²) in [4.78, 5) is 22.7. The molecule has 0 bridgehead atoms. The summed E-state index contributed by atoms with van der Waals surface area (Å²) >= 11 is 11.7. The first-order chi connectivity index (χ1) is 41.0. The molecule has 0 aliphatic heterocycles. The van der Waals surface area contributed by atoms with E-state index in [1.807, 2.05) is 134 Å². The van der Waals surface area contributed by atoms with Crippen LogP contribution in [-0.2, 0) is 18.4 Å². The number of aliphatic hydroxyl groups excluding tert-OH is 4.